The molecule has 0 aromatic heterocycles. The number of esters is 1. The lowest BCUT2D eigenvalue weighted by Gasteiger charge is -2.39. The first kappa shape index (κ1) is 37.5. The number of piperidine rings is 1. The Morgan fingerprint density at radius 3 is 2.23 bits per heavy atom. The number of hydrogen-bond acceptors (Lipinski definition) is 9. The number of piperazine rings is 1. The van der Waals surface area contributed by atoms with Gasteiger partial charge in [-0.25, -0.2) is 14.4 Å². The molecular weight excluding hydrogens is 678 g/mol. The fraction of sp³-hybridized carbons (Fsp3) is 0.450. The van der Waals surface area contributed by atoms with Gasteiger partial charge in [0.25, 0.3) is 5.91 Å². The number of anilines is 2. The first-order chi connectivity index (χ1) is 25.6. The zero-order valence-electron chi connectivity index (χ0n) is 30.7. The zero-order valence-corrected chi connectivity index (χ0v) is 30.7. The number of nitrogens with zero attached hydrogens (tertiary/aromatic N) is 4. The Labute approximate surface area is 310 Å². The van der Waals surface area contributed by atoms with E-state index in [9.17, 15) is 24.3 Å². The van der Waals surface area contributed by atoms with Crippen LogP contribution in [0.4, 0.5) is 21.0 Å². The van der Waals surface area contributed by atoms with Crippen molar-refractivity contribution in [3.8, 4) is 5.75 Å². The van der Waals surface area contributed by atoms with Crippen molar-refractivity contribution in [1.82, 2.24) is 14.7 Å². The fourth-order valence-corrected chi connectivity index (χ4v) is 7.35. The third-order valence-corrected chi connectivity index (χ3v) is 10.4. The van der Waals surface area contributed by atoms with Crippen LogP contribution in [-0.4, -0.2) is 122 Å². The molecule has 2 N–H and O–H groups in total. The number of hydrogen-bond donors (Lipinski definition) is 2. The SMILES string of the molecule is COCCOC(=O)c1ccc(N2CCN(C(=O)[C@@H](Cc3cc(C)c(O)c(C)c3)OC(=O)N3CCC(N4CCc5ccccc5NC4=O)CC3)CC2)cc1. The number of urea groups is 1. The molecule has 2 fully saturated rings. The van der Waals surface area contributed by atoms with Gasteiger partial charge in [-0.3, -0.25) is 4.79 Å². The molecule has 0 radical (unpaired) electrons. The number of aryl methyl sites for hydroxylation is 2. The number of benzene rings is 3. The second kappa shape index (κ2) is 17.0. The monoisotopic (exact) mass is 727 g/mol. The molecule has 13 nitrogen and oxygen atoms in total. The van der Waals surface area contributed by atoms with E-state index >= 15 is 0 Å². The molecule has 2 saturated heterocycles. The second-order valence-electron chi connectivity index (χ2n) is 13.9. The maximum Gasteiger partial charge on any atom is 0.410 e. The molecule has 3 aromatic carbocycles. The number of ether oxygens (including phenoxy) is 3. The average Bonchev–Trinajstić information content (AvgIpc) is 3.34. The minimum absolute atomic E-state index is 0.0176. The number of aromatic hydroxyl groups is 1. The number of carbonyl (C=O) groups excluding carboxylic acids is 4. The smallest absolute Gasteiger partial charge is 0.410 e. The van der Waals surface area contributed by atoms with Crippen LogP contribution in [0.2, 0.25) is 0 Å². The molecule has 53 heavy (non-hydrogen) atoms. The Morgan fingerprint density at radius 1 is 0.868 bits per heavy atom. The van der Waals surface area contributed by atoms with Crippen molar-refractivity contribution in [1.29, 1.82) is 0 Å². The predicted molar refractivity (Wildman–Crippen MR) is 199 cm³/mol. The summed E-state index contributed by atoms with van der Waals surface area (Å²) in [6, 6.07) is 18.5. The van der Waals surface area contributed by atoms with Gasteiger partial charge in [-0.1, -0.05) is 30.3 Å². The first-order valence-corrected chi connectivity index (χ1v) is 18.3. The maximum atomic E-state index is 14.1. The Bertz CT molecular complexity index is 1760. The number of phenolic OH excluding ortho intramolecular Hbond substituents is 1. The van der Waals surface area contributed by atoms with Crippen LogP contribution in [0.3, 0.4) is 0 Å². The summed E-state index contributed by atoms with van der Waals surface area (Å²) in [5.74, 6) is -0.485. The van der Waals surface area contributed by atoms with Gasteiger partial charge in [-0.2, -0.15) is 0 Å². The number of para-hydroxylation sites is 1. The van der Waals surface area contributed by atoms with Gasteiger partial charge in [-0.15, -0.1) is 0 Å². The highest BCUT2D eigenvalue weighted by atomic mass is 16.6. The number of phenols is 1. The summed E-state index contributed by atoms with van der Waals surface area (Å²) in [6.45, 7) is 7.50. The van der Waals surface area contributed by atoms with E-state index in [1.165, 1.54) is 0 Å². The van der Waals surface area contributed by atoms with Gasteiger partial charge in [0.2, 0.25) is 0 Å². The largest absolute Gasteiger partial charge is 0.507 e. The number of nitrogens with one attached hydrogen (secondary N) is 1. The van der Waals surface area contributed by atoms with E-state index < -0.39 is 18.2 Å². The Hall–Kier alpha value is -5.30. The molecule has 0 unspecified atom stereocenters. The van der Waals surface area contributed by atoms with E-state index in [1.807, 2.05) is 53.4 Å². The predicted octanol–water partition coefficient (Wildman–Crippen LogP) is 4.76. The van der Waals surface area contributed by atoms with Crippen LogP contribution in [-0.2, 0) is 31.8 Å². The highest BCUT2D eigenvalue weighted by molar-refractivity contribution is 5.91. The van der Waals surface area contributed by atoms with Gasteiger partial charge >= 0.3 is 18.1 Å². The lowest BCUT2D eigenvalue weighted by atomic mass is 10.0. The molecule has 3 aromatic rings. The van der Waals surface area contributed by atoms with E-state index in [1.54, 1.807) is 42.9 Å². The lowest BCUT2D eigenvalue weighted by molar-refractivity contribution is -0.141. The molecule has 3 aliphatic heterocycles. The molecule has 3 heterocycles. The Kier molecular flexibility index (Phi) is 12.0. The molecule has 282 valence electrons. The van der Waals surface area contributed by atoms with Gasteiger partial charge in [0.05, 0.1) is 12.2 Å². The molecule has 13 heteroatoms. The molecule has 0 spiro atoms. The number of amides is 4. The minimum Gasteiger partial charge on any atom is -0.507 e. The zero-order chi connectivity index (χ0) is 37.5. The molecular formula is C40H49N5O8. The molecule has 1 atom stereocenters. The quantitative estimate of drug-likeness (QED) is 0.223. The fourth-order valence-electron chi connectivity index (χ4n) is 7.35. The maximum absolute atomic E-state index is 14.1. The van der Waals surface area contributed by atoms with Crippen molar-refractivity contribution in [3.05, 3.63) is 88.5 Å². The van der Waals surface area contributed by atoms with Crippen LogP contribution in [0.25, 0.3) is 0 Å². The molecule has 0 bridgehead atoms. The highest BCUT2D eigenvalue weighted by Gasteiger charge is 2.35. The summed E-state index contributed by atoms with van der Waals surface area (Å²) < 4.78 is 16.2. The molecule has 4 amide bonds. The summed E-state index contributed by atoms with van der Waals surface area (Å²) in [7, 11) is 1.55. The van der Waals surface area contributed by atoms with E-state index in [4.69, 9.17) is 14.2 Å². The first-order valence-electron chi connectivity index (χ1n) is 18.3. The number of carbonyl (C=O) groups is 4. The van der Waals surface area contributed by atoms with E-state index in [0.29, 0.717) is 82.0 Å². The average molecular weight is 728 g/mol. The molecule has 3 aliphatic rings. The summed E-state index contributed by atoms with van der Waals surface area (Å²) in [5, 5.41) is 13.4. The standard InChI is InChI=1S/C40H49N5O8/c1-27-24-29(25-28(2)36(27)46)26-35(37(47)43-20-18-42(19-21-43)32-10-8-31(9-11-32)38(48)52-23-22-51-3)53-40(50)44-15-13-33(14-16-44)45-17-12-30-6-4-5-7-34(30)41-39(45)49/h4-11,24-25,33,35,46H,12-23,26H2,1-3H3,(H,41,49)/t35-/m1/s1. The number of fused-ring (bicyclic) bond motifs is 1. The third kappa shape index (κ3) is 9.02. The van der Waals surface area contributed by atoms with Gasteiger partial charge in [0.1, 0.15) is 12.4 Å². The molecule has 0 aliphatic carbocycles. The number of likely N-dealkylation sites (tertiary alicyclic amines) is 1. The topological polar surface area (TPSA) is 141 Å². The van der Waals surface area contributed by atoms with Crippen molar-refractivity contribution >= 4 is 35.4 Å². The Balaban J connectivity index is 1.07. The van der Waals surface area contributed by atoms with E-state index in [0.717, 1.165) is 28.9 Å². The van der Waals surface area contributed by atoms with Crippen LogP contribution < -0.4 is 10.2 Å². The Morgan fingerprint density at radius 2 is 1.55 bits per heavy atom. The number of rotatable bonds is 10. The van der Waals surface area contributed by atoms with Crippen molar-refractivity contribution in [2.75, 3.05) is 76.4 Å². The van der Waals surface area contributed by atoms with Crippen LogP contribution >= 0.6 is 0 Å². The van der Waals surface area contributed by atoms with Gasteiger partial charge in [0.15, 0.2) is 6.10 Å². The van der Waals surface area contributed by atoms with E-state index in [-0.39, 0.29) is 36.8 Å². The summed E-state index contributed by atoms with van der Waals surface area (Å²) in [6.07, 6.45) is 0.510. The highest BCUT2D eigenvalue weighted by Crippen LogP contribution is 2.27. The van der Waals surface area contributed by atoms with E-state index in [2.05, 4.69) is 10.2 Å². The van der Waals surface area contributed by atoms with Crippen molar-refractivity contribution in [2.45, 2.75) is 51.7 Å². The normalized spacial score (nSPS) is 17.1. The van der Waals surface area contributed by atoms with Crippen LogP contribution in [0, 0.1) is 13.8 Å². The van der Waals surface area contributed by atoms with Crippen LogP contribution in [0.1, 0.15) is 45.5 Å². The second-order valence-corrected chi connectivity index (χ2v) is 13.9. The van der Waals surface area contributed by atoms with Gasteiger partial charge < -0.3 is 44.2 Å². The minimum atomic E-state index is -1.06. The lowest BCUT2D eigenvalue weighted by Crippen LogP contribution is -2.54. The summed E-state index contributed by atoms with van der Waals surface area (Å²) in [5.41, 5.74) is 5.47. The van der Waals surface area contributed by atoms with Crippen molar-refractivity contribution in [2.24, 2.45) is 0 Å². The van der Waals surface area contributed by atoms with Gasteiger partial charge in [-0.05, 0) is 85.7 Å². The van der Waals surface area contributed by atoms with Crippen LogP contribution in [0.15, 0.2) is 60.7 Å². The molecule has 0 saturated carbocycles. The molecule has 6 rings (SSSR count). The number of methoxy groups -OCH3 is 1. The third-order valence-electron chi connectivity index (χ3n) is 10.4. The van der Waals surface area contributed by atoms with Crippen molar-refractivity contribution < 1.29 is 38.5 Å². The van der Waals surface area contributed by atoms with Crippen molar-refractivity contribution in [3.63, 3.8) is 0 Å². The summed E-state index contributed by atoms with van der Waals surface area (Å²) >= 11 is 0. The van der Waals surface area contributed by atoms with Gasteiger partial charge in [0, 0.05) is 76.8 Å². The summed E-state index contributed by atoms with van der Waals surface area (Å²) in [4.78, 5) is 60.5. The van der Waals surface area contributed by atoms with Crippen LogP contribution in [0.5, 0.6) is 5.75 Å².